The summed E-state index contributed by atoms with van der Waals surface area (Å²) in [6, 6.07) is 3.64. The Morgan fingerprint density at radius 2 is 2.38 bits per heavy atom. The first-order valence-electron chi connectivity index (χ1n) is 4.47. The lowest BCUT2D eigenvalue weighted by molar-refractivity contribution is 0.195. The lowest BCUT2D eigenvalue weighted by atomic mass is 10.4. The fourth-order valence-corrected chi connectivity index (χ4v) is 1.51. The number of thiocarbonyl (C=S) groups is 1. The molecule has 1 aromatic heterocycles. The van der Waals surface area contributed by atoms with Gasteiger partial charge in [-0.25, -0.2) is 9.78 Å². The van der Waals surface area contributed by atoms with Crippen LogP contribution in [0.25, 0.3) is 0 Å². The average molecular weight is 304 g/mol. The second-order valence-corrected chi connectivity index (χ2v) is 4.21. The van der Waals surface area contributed by atoms with E-state index in [4.69, 9.17) is 17.3 Å². The standard InChI is InChI=1S/C9H10BrN3O2S/c10-6-2-1-4-11-8(6)13-7(16)3-5-12-9(14)15/h1-2,4,12H,3,5H2,(H,14,15)(H,11,13,16). The number of halogens is 1. The van der Waals surface area contributed by atoms with E-state index in [1.165, 1.54) is 0 Å². The summed E-state index contributed by atoms with van der Waals surface area (Å²) in [6.07, 6.45) is 1.03. The van der Waals surface area contributed by atoms with Crippen LogP contribution < -0.4 is 10.6 Å². The van der Waals surface area contributed by atoms with Crippen molar-refractivity contribution in [3.63, 3.8) is 0 Å². The summed E-state index contributed by atoms with van der Waals surface area (Å²) in [4.78, 5) is 14.8. The minimum absolute atomic E-state index is 0.283. The van der Waals surface area contributed by atoms with Crippen molar-refractivity contribution in [2.45, 2.75) is 6.42 Å². The Hall–Kier alpha value is -1.21. The summed E-state index contributed by atoms with van der Waals surface area (Å²) < 4.78 is 0.809. The minimum Gasteiger partial charge on any atom is -0.465 e. The van der Waals surface area contributed by atoms with Gasteiger partial charge in [0.05, 0.1) is 9.46 Å². The van der Waals surface area contributed by atoms with Gasteiger partial charge in [0, 0.05) is 19.2 Å². The van der Waals surface area contributed by atoms with Gasteiger partial charge in [0.15, 0.2) is 0 Å². The maximum absolute atomic E-state index is 10.2. The molecule has 0 fully saturated rings. The number of hydrogen-bond donors (Lipinski definition) is 3. The lowest BCUT2D eigenvalue weighted by Crippen LogP contribution is -2.25. The molecule has 3 N–H and O–H groups in total. The summed E-state index contributed by atoms with van der Waals surface area (Å²) >= 11 is 8.36. The van der Waals surface area contributed by atoms with Gasteiger partial charge in [0.2, 0.25) is 0 Å². The molecular formula is C9H10BrN3O2S. The highest BCUT2D eigenvalue weighted by atomic mass is 79.9. The van der Waals surface area contributed by atoms with Gasteiger partial charge < -0.3 is 15.7 Å². The zero-order valence-corrected chi connectivity index (χ0v) is 10.6. The predicted octanol–water partition coefficient (Wildman–Crippen LogP) is 2.24. The molecule has 1 amide bonds. The van der Waals surface area contributed by atoms with E-state index in [1.807, 2.05) is 6.07 Å². The molecule has 0 aliphatic rings. The largest absolute Gasteiger partial charge is 0.465 e. The van der Waals surface area contributed by atoms with Crippen LogP contribution in [0.4, 0.5) is 10.6 Å². The second-order valence-electron chi connectivity index (χ2n) is 2.86. The van der Waals surface area contributed by atoms with Gasteiger partial charge in [-0.15, -0.1) is 0 Å². The molecule has 0 aliphatic carbocycles. The van der Waals surface area contributed by atoms with Crippen molar-refractivity contribution in [1.82, 2.24) is 10.3 Å². The number of carboxylic acid groups (broad SMARTS) is 1. The minimum atomic E-state index is -1.05. The smallest absolute Gasteiger partial charge is 0.404 e. The first-order valence-corrected chi connectivity index (χ1v) is 5.67. The van der Waals surface area contributed by atoms with Crippen LogP contribution >= 0.6 is 28.1 Å². The van der Waals surface area contributed by atoms with E-state index < -0.39 is 6.09 Å². The topological polar surface area (TPSA) is 74.2 Å². The van der Waals surface area contributed by atoms with Crippen LogP contribution in [0, 0.1) is 0 Å². The first-order chi connectivity index (χ1) is 7.59. The SMILES string of the molecule is O=C(O)NCCC(=S)Nc1ncccc1Br. The number of pyridine rings is 1. The highest BCUT2D eigenvalue weighted by Gasteiger charge is 2.03. The fourth-order valence-electron chi connectivity index (χ4n) is 0.955. The van der Waals surface area contributed by atoms with Gasteiger partial charge in [-0.2, -0.15) is 0 Å². The maximum atomic E-state index is 10.2. The number of nitrogens with zero attached hydrogens (tertiary/aromatic N) is 1. The summed E-state index contributed by atoms with van der Waals surface area (Å²) in [5.74, 6) is 0.628. The Labute approximate surface area is 106 Å². The molecule has 7 heteroatoms. The Balaban J connectivity index is 2.40. The Morgan fingerprint density at radius 1 is 1.62 bits per heavy atom. The van der Waals surface area contributed by atoms with Crippen molar-refractivity contribution in [1.29, 1.82) is 0 Å². The van der Waals surface area contributed by atoms with Gasteiger partial charge in [-0.3, -0.25) is 0 Å². The average Bonchev–Trinajstić information content (AvgIpc) is 2.21. The van der Waals surface area contributed by atoms with E-state index in [-0.39, 0.29) is 6.54 Å². The van der Waals surface area contributed by atoms with Crippen molar-refractivity contribution in [2.24, 2.45) is 0 Å². The van der Waals surface area contributed by atoms with Crippen molar-refractivity contribution in [3.8, 4) is 0 Å². The number of hydrogen-bond acceptors (Lipinski definition) is 3. The molecule has 0 spiro atoms. The Morgan fingerprint density at radius 3 is 3.00 bits per heavy atom. The summed E-state index contributed by atoms with van der Waals surface area (Å²) in [6.45, 7) is 0.283. The predicted molar refractivity (Wildman–Crippen MR) is 68.8 cm³/mol. The van der Waals surface area contributed by atoms with Crippen LogP contribution in [-0.4, -0.2) is 27.7 Å². The fraction of sp³-hybridized carbons (Fsp3) is 0.222. The van der Waals surface area contributed by atoms with Gasteiger partial charge in [0.1, 0.15) is 5.82 Å². The summed E-state index contributed by atoms with van der Waals surface area (Å²) in [7, 11) is 0. The molecule has 5 nitrogen and oxygen atoms in total. The first kappa shape index (κ1) is 12.9. The van der Waals surface area contributed by atoms with Crippen molar-refractivity contribution in [2.75, 3.05) is 11.9 Å². The van der Waals surface area contributed by atoms with E-state index in [9.17, 15) is 4.79 Å². The number of nitrogens with one attached hydrogen (secondary N) is 2. The highest BCUT2D eigenvalue weighted by molar-refractivity contribution is 9.10. The van der Waals surface area contributed by atoms with Gasteiger partial charge in [-0.05, 0) is 28.1 Å². The van der Waals surface area contributed by atoms with Crippen molar-refractivity contribution in [3.05, 3.63) is 22.8 Å². The molecule has 0 aromatic carbocycles. The molecule has 1 heterocycles. The highest BCUT2D eigenvalue weighted by Crippen LogP contribution is 2.18. The number of aromatic nitrogens is 1. The lowest BCUT2D eigenvalue weighted by Gasteiger charge is -2.08. The molecule has 0 bridgehead atoms. The monoisotopic (exact) mass is 303 g/mol. The van der Waals surface area contributed by atoms with Crippen LogP contribution in [0.3, 0.4) is 0 Å². The third-order valence-electron chi connectivity index (χ3n) is 1.64. The van der Waals surface area contributed by atoms with E-state index in [0.717, 1.165) is 4.47 Å². The third kappa shape index (κ3) is 4.54. The van der Waals surface area contributed by atoms with Gasteiger partial charge in [-0.1, -0.05) is 12.2 Å². The molecule has 16 heavy (non-hydrogen) atoms. The van der Waals surface area contributed by atoms with E-state index >= 15 is 0 Å². The number of rotatable bonds is 4. The molecule has 1 aromatic rings. The number of amides is 1. The third-order valence-corrected chi connectivity index (χ3v) is 2.59. The zero-order valence-electron chi connectivity index (χ0n) is 8.24. The van der Waals surface area contributed by atoms with Crippen LogP contribution in [0.5, 0.6) is 0 Å². The summed E-state index contributed by atoms with van der Waals surface area (Å²) in [5.41, 5.74) is 0. The molecule has 0 saturated heterocycles. The maximum Gasteiger partial charge on any atom is 0.404 e. The van der Waals surface area contributed by atoms with E-state index in [0.29, 0.717) is 17.2 Å². The molecule has 86 valence electrons. The van der Waals surface area contributed by atoms with Crippen LogP contribution in [0.1, 0.15) is 6.42 Å². The van der Waals surface area contributed by atoms with Crippen molar-refractivity contribution < 1.29 is 9.90 Å². The van der Waals surface area contributed by atoms with Gasteiger partial charge in [0.25, 0.3) is 0 Å². The Kier molecular flexibility index (Phi) is 5.13. The molecule has 1 rings (SSSR count). The quantitative estimate of drug-likeness (QED) is 0.744. The van der Waals surface area contributed by atoms with Gasteiger partial charge >= 0.3 is 6.09 Å². The van der Waals surface area contributed by atoms with Crippen LogP contribution in [0.15, 0.2) is 22.8 Å². The Bertz CT molecular complexity index is 400. The second kappa shape index (κ2) is 6.39. The molecule has 0 unspecified atom stereocenters. The summed E-state index contributed by atoms with van der Waals surface area (Å²) in [5, 5.41) is 13.5. The van der Waals surface area contributed by atoms with Crippen LogP contribution in [-0.2, 0) is 0 Å². The van der Waals surface area contributed by atoms with E-state index in [2.05, 4.69) is 31.5 Å². The van der Waals surface area contributed by atoms with E-state index in [1.54, 1.807) is 12.3 Å². The number of carbonyl (C=O) groups is 1. The van der Waals surface area contributed by atoms with Crippen molar-refractivity contribution >= 4 is 45.0 Å². The zero-order chi connectivity index (χ0) is 12.0. The number of anilines is 1. The van der Waals surface area contributed by atoms with Crippen LogP contribution in [0.2, 0.25) is 0 Å². The molecule has 0 radical (unpaired) electrons. The normalized spacial score (nSPS) is 9.56. The molecule has 0 saturated carbocycles. The molecule has 0 aliphatic heterocycles. The molecule has 0 atom stereocenters. The molecular weight excluding hydrogens is 294 g/mol.